The van der Waals surface area contributed by atoms with E-state index in [1.54, 1.807) is 11.3 Å². The molecule has 0 aliphatic carbocycles. The van der Waals surface area contributed by atoms with Crippen molar-refractivity contribution < 1.29 is 0 Å². The van der Waals surface area contributed by atoms with Crippen LogP contribution in [0.1, 0.15) is 17.8 Å². The number of aromatic amines is 2. The topological polar surface area (TPSA) is 60.6 Å². The molecule has 7 heteroatoms. The average Bonchev–Trinajstić information content (AvgIpc) is 3.07. The van der Waals surface area contributed by atoms with Crippen molar-refractivity contribution in [1.82, 2.24) is 25.1 Å². The molecule has 1 aliphatic heterocycles. The molecule has 96 valence electrons. The first-order valence-corrected chi connectivity index (χ1v) is 7.36. The molecule has 0 aromatic carbocycles. The van der Waals surface area contributed by atoms with Crippen LogP contribution in [0.3, 0.4) is 0 Å². The van der Waals surface area contributed by atoms with Crippen molar-refractivity contribution in [3.8, 4) is 10.7 Å². The van der Waals surface area contributed by atoms with Gasteiger partial charge in [-0.25, -0.2) is 4.98 Å². The highest BCUT2D eigenvalue weighted by Gasteiger charge is 2.12. The zero-order valence-corrected chi connectivity index (χ0v) is 11.6. The predicted octanol–water partition coefficient (Wildman–Crippen LogP) is 2.23. The number of nitrogens with one attached hydrogen (secondary N) is 2. The normalized spacial score (nSPS) is 16.4. The fourth-order valence-electron chi connectivity index (χ4n) is 2.18. The number of aromatic nitrogens is 4. The van der Waals surface area contributed by atoms with E-state index < -0.39 is 0 Å². The third-order valence-corrected chi connectivity index (χ3v) is 4.39. The summed E-state index contributed by atoms with van der Waals surface area (Å²) in [6.45, 7) is 3.60. The summed E-state index contributed by atoms with van der Waals surface area (Å²) < 4.78 is 0.483. The van der Waals surface area contributed by atoms with E-state index in [1.807, 2.05) is 6.20 Å². The Morgan fingerprint density at radius 3 is 2.89 bits per heavy atom. The number of hydrogen-bond donors (Lipinski definition) is 2. The van der Waals surface area contributed by atoms with E-state index in [1.165, 1.54) is 30.9 Å². The van der Waals surface area contributed by atoms with Gasteiger partial charge in [-0.3, -0.25) is 10.2 Å². The van der Waals surface area contributed by atoms with Gasteiger partial charge < -0.3 is 4.90 Å². The Hall–Kier alpha value is -1.05. The molecule has 3 rings (SSSR count). The summed E-state index contributed by atoms with van der Waals surface area (Å²) in [4.78, 5) is 12.2. The first-order valence-electron chi connectivity index (χ1n) is 6.13. The Kier molecular flexibility index (Phi) is 3.53. The van der Waals surface area contributed by atoms with Crippen LogP contribution in [0.5, 0.6) is 0 Å². The van der Waals surface area contributed by atoms with E-state index >= 15 is 0 Å². The molecule has 0 atom stereocenters. The maximum absolute atomic E-state index is 4.94. The quantitative estimate of drug-likeness (QED) is 0.844. The van der Waals surface area contributed by atoms with Crippen LogP contribution in [0.4, 0.5) is 0 Å². The summed E-state index contributed by atoms with van der Waals surface area (Å²) in [7, 11) is 0. The molecular formula is C11H15N5S2. The fraction of sp³-hybridized carbons (Fsp3) is 0.545. The van der Waals surface area contributed by atoms with E-state index in [9.17, 15) is 0 Å². The molecule has 1 fully saturated rings. The summed E-state index contributed by atoms with van der Waals surface area (Å²) in [5, 5.41) is 6.92. The zero-order valence-electron chi connectivity index (χ0n) is 9.98. The first kappa shape index (κ1) is 12.0. The van der Waals surface area contributed by atoms with Crippen molar-refractivity contribution in [3.05, 3.63) is 16.0 Å². The number of nitrogens with zero attached hydrogens (tertiary/aromatic N) is 3. The maximum atomic E-state index is 4.94. The Balaban J connectivity index is 1.64. The second kappa shape index (κ2) is 5.29. The third-order valence-electron chi connectivity index (χ3n) is 3.13. The third kappa shape index (κ3) is 2.68. The average molecular weight is 281 g/mol. The van der Waals surface area contributed by atoms with Crippen molar-refractivity contribution in [2.24, 2.45) is 0 Å². The number of H-pyrrole nitrogens is 2. The lowest BCUT2D eigenvalue weighted by Crippen LogP contribution is -2.21. The molecule has 0 spiro atoms. The number of likely N-dealkylation sites (tertiary alicyclic amines) is 1. The number of hydrogen-bond acceptors (Lipinski definition) is 5. The lowest BCUT2D eigenvalue weighted by molar-refractivity contribution is 0.343. The largest absolute Gasteiger partial charge is 0.303 e. The van der Waals surface area contributed by atoms with Crippen LogP contribution in [-0.2, 0) is 6.42 Å². The minimum Gasteiger partial charge on any atom is -0.303 e. The standard InChI is InChI=1S/C11H15N5S2/c17-11-13-10(14-15-11)8-7-12-9(18-8)3-6-16-4-1-2-5-16/h7H,1-6H2,(H2,13,14,15,17). The number of rotatable bonds is 4. The zero-order chi connectivity index (χ0) is 12.4. The Morgan fingerprint density at radius 1 is 1.33 bits per heavy atom. The van der Waals surface area contributed by atoms with Gasteiger partial charge in [0.05, 0.1) is 9.88 Å². The molecule has 5 nitrogen and oxygen atoms in total. The van der Waals surface area contributed by atoms with Crippen LogP contribution in [0.2, 0.25) is 0 Å². The van der Waals surface area contributed by atoms with E-state index in [-0.39, 0.29) is 0 Å². The molecule has 0 radical (unpaired) electrons. The van der Waals surface area contributed by atoms with Crippen molar-refractivity contribution >= 4 is 23.6 Å². The minimum absolute atomic E-state index is 0.483. The molecule has 0 saturated carbocycles. The molecule has 2 aromatic rings. The maximum Gasteiger partial charge on any atom is 0.213 e. The fourth-order valence-corrected chi connectivity index (χ4v) is 3.18. The van der Waals surface area contributed by atoms with Crippen LogP contribution < -0.4 is 0 Å². The molecule has 2 aromatic heterocycles. The van der Waals surface area contributed by atoms with Crippen LogP contribution in [0.25, 0.3) is 10.7 Å². The highest BCUT2D eigenvalue weighted by Crippen LogP contribution is 2.23. The van der Waals surface area contributed by atoms with E-state index in [0.29, 0.717) is 4.77 Å². The Morgan fingerprint density at radius 2 is 2.17 bits per heavy atom. The minimum atomic E-state index is 0.483. The van der Waals surface area contributed by atoms with E-state index in [0.717, 1.165) is 23.7 Å². The molecule has 0 amide bonds. The Labute approximate surface area is 114 Å². The van der Waals surface area contributed by atoms with Gasteiger partial charge in [0.15, 0.2) is 5.82 Å². The first-order chi connectivity index (χ1) is 8.81. The molecule has 0 unspecified atom stereocenters. The van der Waals surface area contributed by atoms with Gasteiger partial charge in [0.25, 0.3) is 0 Å². The number of thiazole rings is 1. The molecule has 2 N–H and O–H groups in total. The highest BCUT2D eigenvalue weighted by molar-refractivity contribution is 7.71. The highest BCUT2D eigenvalue weighted by atomic mass is 32.1. The molecule has 3 heterocycles. The van der Waals surface area contributed by atoms with Gasteiger partial charge in [-0.2, -0.15) is 4.98 Å². The summed E-state index contributed by atoms with van der Waals surface area (Å²) in [6, 6.07) is 0. The molecular weight excluding hydrogens is 266 g/mol. The monoisotopic (exact) mass is 281 g/mol. The van der Waals surface area contributed by atoms with Gasteiger partial charge in [-0.15, -0.1) is 11.3 Å². The van der Waals surface area contributed by atoms with Gasteiger partial charge in [0.1, 0.15) is 0 Å². The van der Waals surface area contributed by atoms with Crippen molar-refractivity contribution in [2.45, 2.75) is 19.3 Å². The van der Waals surface area contributed by atoms with E-state index in [2.05, 4.69) is 25.1 Å². The summed E-state index contributed by atoms with van der Waals surface area (Å²) in [5.74, 6) is 0.782. The second-order valence-electron chi connectivity index (χ2n) is 4.43. The van der Waals surface area contributed by atoms with Gasteiger partial charge in [0, 0.05) is 19.2 Å². The summed E-state index contributed by atoms with van der Waals surface area (Å²) >= 11 is 6.63. The summed E-state index contributed by atoms with van der Waals surface area (Å²) in [6.07, 6.45) is 5.57. The Bertz CT molecular complexity index is 564. The SMILES string of the molecule is S=c1nc(-c2cnc(CCN3CCCC3)s2)[nH][nH]1. The van der Waals surface area contributed by atoms with Crippen LogP contribution >= 0.6 is 23.6 Å². The van der Waals surface area contributed by atoms with Crippen molar-refractivity contribution in [2.75, 3.05) is 19.6 Å². The van der Waals surface area contributed by atoms with Crippen LogP contribution in [-0.4, -0.2) is 44.7 Å². The smallest absolute Gasteiger partial charge is 0.213 e. The van der Waals surface area contributed by atoms with Crippen LogP contribution in [0.15, 0.2) is 6.20 Å². The van der Waals surface area contributed by atoms with Crippen molar-refractivity contribution in [3.63, 3.8) is 0 Å². The van der Waals surface area contributed by atoms with Gasteiger partial charge in [-0.1, -0.05) is 0 Å². The second-order valence-corrected chi connectivity index (χ2v) is 5.93. The van der Waals surface area contributed by atoms with Crippen molar-refractivity contribution in [1.29, 1.82) is 0 Å². The van der Waals surface area contributed by atoms with Crippen LogP contribution in [0, 0.1) is 4.77 Å². The van der Waals surface area contributed by atoms with Gasteiger partial charge in [-0.05, 0) is 38.1 Å². The molecule has 0 bridgehead atoms. The predicted molar refractivity (Wildman–Crippen MR) is 74.3 cm³/mol. The lowest BCUT2D eigenvalue weighted by atomic mass is 10.4. The molecule has 1 saturated heterocycles. The van der Waals surface area contributed by atoms with Gasteiger partial charge in [0.2, 0.25) is 4.77 Å². The van der Waals surface area contributed by atoms with Gasteiger partial charge >= 0.3 is 0 Å². The molecule has 18 heavy (non-hydrogen) atoms. The van der Waals surface area contributed by atoms with E-state index in [4.69, 9.17) is 12.2 Å². The lowest BCUT2D eigenvalue weighted by Gasteiger charge is -2.12. The molecule has 1 aliphatic rings. The summed E-state index contributed by atoms with van der Waals surface area (Å²) in [5.41, 5.74) is 0.